The van der Waals surface area contributed by atoms with Crippen molar-refractivity contribution in [2.24, 2.45) is 17.8 Å². The van der Waals surface area contributed by atoms with Crippen molar-refractivity contribution in [3.05, 3.63) is 29.8 Å². The van der Waals surface area contributed by atoms with Crippen LogP contribution < -0.4 is 20.7 Å². The molecule has 31 heavy (non-hydrogen) atoms. The van der Waals surface area contributed by atoms with Crippen LogP contribution in [0, 0.1) is 17.8 Å². The topological polar surface area (TPSA) is 79.5 Å². The second kappa shape index (κ2) is 11.0. The van der Waals surface area contributed by atoms with E-state index < -0.39 is 6.04 Å². The van der Waals surface area contributed by atoms with Crippen LogP contribution in [0.1, 0.15) is 31.2 Å². The highest BCUT2D eigenvalue weighted by Crippen LogP contribution is 2.49. The van der Waals surface area contributed by atoms with Gasteiger partial charge in [-0.15, -0.1) is 11.8 Å². The zero-order chi connectivity index (χ0) is 21.6. The van der Waals surface area contributed by atoms with E-state index in [2.05, 4.69) is 16.0 Å². The molecule has 0 aromatic heterocycles. The van der Waals surface area contributed by atoms with Crippen LogP contribution in [-0.4, -0.2) is 54.1 Å². The van der Waals surface area contributed by atoms with Crippen LogP contribution in [0.15, 0.2) is 24.3 Å². The molecule has 3 aliphatic rings. The fraction of sp³-hybridized carbons (Fsp3) is 0.652. The van der Waals surface area contributed by atoms with E-state index in [-0.39, 0.29) is 17.9 Å². The largest absolute Gasteiger partial charge is 0.497 e. The Hall–Kier alpha value is -1.38. The SMILES string of the molecule is COc1ccc(CNC(=O)[C@H](CSC[C@@H]2C[C@@H]3CCC2C3)NC(=O)[C@@H]2CSCN2)cc1. The number of carbonyl (C=O) groups is 2. The second-order valence-electron chi connectivity index (χ2n) is 8.87. The van der Waals surface area contributed by atoms with Gasteiger partial charge in [-0.2, -0.15) is 11.8 Å². The van der Waals surface area contributed by atoms with E-state index in [0.717, 1.165) is 46.4 Å². The molecule has 1 aliphatic heterocycles. The van der Waals surface area contributed by atoms with Gasteiger partial charge in [-0.05, 0) is 60.5 Å². The first-order valence-electron chi connectivity index (χ1n) is 11.2. The highest BCUT2D eigenvalue weighted by atomic mass is 32.2. The summed E-state index contributed by atoms with van der Waals surface area (Å²) < 4.78 is 5.18. The number of ether oxygens (including phenoxy) is 1. The lowest BCUT2D eigenvalue weighted by molar-refractivity contribution is -0.129. The monoisotopic (exact) mass is 463 g/mol. The lowest BCUT2D eigenvalue weighted by Gasteiger charge is -2.23. The average Bonchev–Trinajstić information content (AvgIpc) is 3.56. The average molecular weight is 464 g/mol. The number of methoxy groups -OCH3 is 1. The van der Waals surface area contributed by atoms with Gasteiger partial charge >= 0.3 is 0 Å². The molecule has 6 nitrogen and oxygen atoms in total. The third-order valence-corrected chi connectivity index (χ3v) is 8.97. The summed E-state index contributed by atoms with van der Waals surface area (Å²) in [6.07, 6.45) is 5.54. The molecule has 1 saturated heterocycles. The van der Waals surface area contributed by atoms with E-state index in [1.165, 1.54) is 25.7 Å². The molecule has 3 N–H and O–H groups in total. The highest BCUT2D eigenvalue weighted by molar-refractivity contribution is 7.99. The van der Waals surface area contributed by atoms with Gasteiger partial charge < -0.3 is 15.4 Å². The Morgan fingerprint density at radius 2 is 2.10 bits per heavy atom. The van der Waals surface area contributed by atoms with Crippen LogP contribution >= 0.6 is 23.5 Å². The van der Waals surface area contributed by atoms with Crippen molar-refractivity contribution in [2.75, 3.05) is 30.2 Å². The Bertz CT molecular complexity index is 755. The molecule has 3 fully saturated rings. The Morgan fingerprint density at radius 1 is 1.26 bits per heavy atom. The van der Waals surface area contributed by atoms with E-state index in [0.29, 0.717) is 12.3 Å². The van der Waals surface area contributed by atoms with Crippen LogP contribution in [0.25, 0.3) is 0 Å². The number of fused-ring (bicyclic) bond motifs is 2. The standard InChI is InChI=1S/C23H33N3O3S2/c1-29-19-6-3-15(4-7-19)10-24-22(27)21(26-23(28)20-12-31-14-25-20)13-30-11-18-9-16-2-5-17(18)8-16/h3-4,6-7,16-18,20-21,25H,2,5,8-14H2,1H3,(H,24,27)(H,26,28)/t16-,17?,18+,20+,21+/m1/s1. The van der Waals surface area contributed by atoms with E-state index in [1.807, 2.05) is 36.0 Å². The van der Waals surface area contributed by atoms with Gasteiger partial charge in [-0.25, -0.2) is 0 Å². The zero-order valence-electron chi connectivity index (χ0n) is 18.1. The van der Waals surface area contributed by atoms with Crippen molar-refractivity contribution in [3.63, 3.8) is 0 Å². The van der Waals surface area contributed by atoms with Crippen molar-refractivity contribution < 1.29 is 14.3 Å². The summed E-state index contributed by atoms with van der Waals surface area (Å²) in [6.45, 7) is 0.434. The van der Waals surface area contributed by atoms with Crippen LogP contribution in [-0.2, 0) is 16.1 Å². The van der Waals surface area contributed by atoms with Crippen LogP contribution in [0.3, 0.4) is 0 Å². The van der Waals surface area contributed by atoms with Crippen LogP contribution in [0.4, 0.5) is 0 Å². The van der Waals surface area contributed by atoms with Crippen molar-refractivity contribution in [1.82, 2.24) is 16.0 Å². The van der Waals surface area contributed by atoms with Crippen molar-refractivity contribution >= 4 is 35.3 Å². The van der Waals surface area contributed by atoms with Gasteiger partial charge in [0, 0.05) is 23.9 Å². The summed E-state index contributed by atoms with van der Waals surface area (Å²) in [4.78, 5) is 25.6. The Balaban J connectivity index is 1.29. The molecule has 1 heterocycles. The first kappa shape index (κ1) is 22.8. The molecular formula is C23H33N3O3S2. The maximum absolute atomic E-state index is 13.0. The third-order valence-electron chi connectivity index (χ3n) is 6.79. The molecule has 2 aliphatic carbocycles. The minimum absolute atomic E-state index is 0.0740. The van der Waals surface area contributed by atoms with Gasteiger partial charge in [-0.1, -0.05) is 18.6 Å². The minimum atomic E-state index is -0.512. The predicted octanol–water partition coefficient (Wildman–Crippen LogP) is 2.63. The minimum Gasteiger partial charge on any atom is -0.497 e. The van der Waals surface area contributed by atoms with Gasteiger partial charge in [0.1, 0.15) is 11.8 Å². The number of rotatable bonds is 10. The summed E-state index contributed by atoms with van der Waals surface area (Å²) in [7, 11) is 1.64. The zero-order valence-corrected chi connectivity index (χ0v) is 19.7. The Morgan fingerprint density at radius 3 is 2.74 bits per heavy atom. The maximum atomic E-state index is 13.0. The fourth-order valence-corrected chi connectivity index (χ4v) is 7.25. The molecule has 2 amide bonds. The molecule has 170 valence electrons. The lowest BCUT2D eigenvalue weighted by atomic mass is 9.90. The van der Waals surface area contributed by atoms with E-state index in [4.69, 9.17) is 4.74 Å². The number of carbonyl (C=O) groups excluding carboxylic acids is 2. The highest BCUT2D eigenvalue weighted by Gasteiger charge is 2.39. The van der Waals surface area contributed by atoms with Crippen LogP contribution in [0.5, 0.6) is 5.75 Å². The number of hydrogen-bond donors (Lipinski definition) is 3. The summed E-state index contributed by atoms with van der Waals surface area (Å²) >= 11 is 3.53. The molecule has 0 radical (unpaired) electrons. The van der Waals surface area contributed by atoms with Gasteiger partial charge in [0.2, 0.25) is 11.8 Å². The van der Waals surface area contributed by atoms with Gasteiger partial charge in [-0.3, -0.25) is 14.9 Å². The van der Waals surface area contributed by atoms with E-state index in [9.17, 15) is 9.59 Å². The Kier molecular flexibility index (Phi) is 8.07. The van der Waals surface area contributed by atoms with E-state index >= 15 is 0 Å². The van der Waals surface area contributed by atoms with Gasteiger partial charge in [0.25, 0.3) is 0 Å². The second-order valence-corrected chi connectivity index (χ2v) is 11.0. The number of nitrogens with one attached hydrogen (secondary N) is 3. The van der Waals surface area contributed by atoms with Gasteiger partial charge in [0.05, 0.1) is 13.2 Å². The lowest BCUT2D eigenvalue weighted by Crippen LogP contribution is -2.53. The third kappa shape index (κ3) is 6.11. The van der Waals surface area contributed by atoms with E-state index in [1.54, 1.807) is 18.9 Å². The summed E-state index contributed by atoms with van der Waals surface area (Å²) in [5.74, 6) is 6.46. The summed E-state index contributed by atoms with van der Waals surface area (Å²) in [6, 6.07) is 6.93. The molecule has 1 aromatic carbocycles. The van der Waals surface area contributed by atoms with Crippen molar-refractivity contribution in [2.45, 2.75) is 44.3 Å². The normalized spacial score (nSPS) is 27.8. The number of benzene rings is 1. The molecule has 5 atom stereocenters. The van der Waals surface area contributed by atoms with Crippen LogP contribution in [0.2, 0.25) is 0 Å². The fourth-order valence-electron chi connectivity index (χ4n) is 4.99. The Labute approximate surface area is 193 Å². The van der Waals surface area contributed by atoms with Crippen molar-refractivity contribution in [3.8, 4) is 5.75 Å². The first-order valence-corrected chi connectivity index (χ1v) is 13.5. The smallest absolute Gasteiger partial charge is 0.243 e. The molecule has 1 unspecified atom stereocenters. The number of thioether (sulfide) groups is 2. The molecule has 8 heteroatoms. The summed E-state index contributed by atoms with van der Waals surface area (Å²) in [5.41, 5.74) is 1.00. The van der Waals surface area contributed by atoms with Crippen molar-refractivity contribution in [1.29, 1.82) is 0 Å². The predicted molar refractivity (Wildman–Crippen MR) is 127 cm³/mol. The quantitative estimate of drug-likeness (QED) is 0.495. The molecule has 0 spiro atoms. The molecule has 1 aromatic rings. The molecule has 4 rings (SSSR count). The number of amides is 2. The first-order chi connectivity index (χ1) is 15.1. The number of hydrogen-bond acceptors (Lipinski definition) is 6. The maximum Gasteiger partial charge on any atom is 0.243 e. The summed E-state index contributed by atoms with van der Waals surface area (Å²) in [5, 5.41) is 9.20. The molecule has 2 bridgehead atoms. The molecule has 2 saturated carbocycles. The van der Waals surface area contributed by atoms with Gasteiger partial charge in [0.15, 0.2) is 0 Å². The molecular weight excluding hydrogens is 430 g/mol.